The molecule has 1 aromatic carbocycles. The highest BCUT2D eigenvalue weighted by Gasteiger charge is 2.22. The number of aryl methyl sites for hydroxylation is 1. The van der Waals surface area contributed by atoms with E-state index in [1.165, 1.54) is 0 Å². The van der Waals surface area contributed by atoms with Gasteiger partial charge in [-0.1, -0.05) is 47.5 Å². The summed E-state index contributed by atoms with van der Waals surface area (Å²) in [5.74, 6) is 0.591. The first-order valence-electron chi connectivity index (χ1n) is 10.1. The average molecular weight is 460 g/mol. The molecule has 3 heterocycles. The lowest BCUT2D eigenvalue weighted by molar-refractivity contribution is 0.0950. The lowest BCUT2D eigenvalue weighted by Gasteiger charge is -2.29. The van der Waals surface area contributed by atoms with Gasteiger partial charge in [0.05, 0.1) is 31.0 Å². The van der Waals surface area contributed by atoms with Crippen LogP contribution in [0, 0.1) is 6.92 Å². The molecule has 1 fully saturated rings. The Balaban J connectivity index is 1.49. The molecule has 0 saturated carbocycles. The fraction of sp³-hybridized carbons (Fsp3) is 0.318. The van der Waals surface area contributed by atoms with E-state index < -0.39 is 0 Å². The monoisotopic (exact) mass is 459 g/mol. The van der Waals surface area contributed by atoms with E-state index in [2.05, 4.69) is 20.3 Å². The predicted octanol–water partition coefficient (Wildman–Crippen LogP) is 3.71. The van der Waals surface area contributed by atoms with Crippen LogP contribution in [-0.2, 0) is 17.8 Å². The molecule has 7 nitrogen and oxygen atoms in total. The number of carbonyl (C=O) groups is 1. The van der Waals surface area contributed by atoms with Crippen LogP contribution in [0.2, 0.25) is 10.2 Å². The molecule has 0 radical (unpaired) electrons. The molecule has 1 aliphatic rings. The van der Waals surface area contributed by atoms with Crippen molar-refractivity contribution in [2.24, 2.45) is 0 Å². The van der Waals surface area contributed by atoms with Gasteiger partial charge >= 0.3 is 0 Å². The van der Waals surface area contributed by atoms with Crippen LogP contribution in [0.3, 0.4) is 0 Å². The maximum absolute atomic E-state index is 13.0. The van der Waals surface area contributed by atoms with E-state index in [-0.39, 0.29) is 11.1 Å². The molecule has 1 amide bonds. The fourth-order valence-electron chi connectivity index (χ4n) is 3.60. The van der Waals surface area contributed by atoms with Crippen LogP contribution in [0.5, 0.6) is 0 Å². The molecule has 0 aliphatic carbocycles. The fourth-order valence-corrected chi connectivity index (χ4v) is 4.11. The highest BCUT2D eigenvalue weighted by Crippen LogP contribution is 2.24. The minimum atomic E-state index is -0.273. The minimum absolute atomic E-state index is 0.273. The minimum Gasteiger partial charge on any atom is -0.378 e. The van der Waals surface area contributed by atoms with Crippen LogP contribution in [0.4, 0.5) is 5.82 Å². The lowest BCUT2D eigenvalue weighted by atomic mass is 10.2. The maximum atomic E-state index is 13.0. The standard InChI is InChI=1S/C22H23Cl2N5O2/c1-15-19(20(24)29(27-15)14-17-5-2-3-7-18(17)23)22(30)26-13-16-6-4-8-25-21(16)28-9-11-31-12-10-28/h2-8H,9-14H2,1H3,(H,26,30). The molecule has 1 saturated heterocycles. The topological polar surface area (TPSA) is 72.3 Å². The van der Waals surface area contributed by atoms with Gasteiger partial charge in [0.1, 0.15) is 11.0 Å². The number of rotatable bonds is 6. The van der Waals surface area contributed by atoms with Gasteiger partial charge in [0.15, 0.2) is 0 Å². The lowest BCUT2D eigenvalue weighted by Crippen LogP contribution is -2.37. The molecule has 162 valence electrons. The Morgan fingerprint density at radius 3 is 2.65 bits per heavy atom. The zero-order chi connectivity index (χ0) is 21.8. The van der Waals surface area contributed by atoms with Crippen molar-refractivity contribution in [3.8, 4) is 0 Å². The van der Waals surface area contributed by atoms with Gasteiger partial charge in [-0.2, -0.15) is 5.10 Å². The summed E-state index contributed by atoms with van der Waals surface area (Å²) in [7, 11) is 0. The number of pyridine rings is 1. The number of hydrogen-bond donors (Lipinski definition) is 1. The molecule has 4 rings (SSSR count). The van der Waals surface area contributed by atoms with Crippen molar-refractivity contribution < 1.29 is 9.53 Å². The summed E-state index contributed by atoms with van der Waals surface area (Å²) in [6, 6.07) is 11.3. The highest BCUT2D eigenvalue weighted by molar-refractivity contribution is 6.33. The van der Waals surface area contributed by atoms with Gasteiger partial charge in [-0.05, 0) is 24.6 Å². The zero-order valence-electron chi connectivity index (χ0n) is 17.1. The first-order chi connectivity index (χ1) is 15.0. The summed E-state index contributed by atoms with van der Waals surface area (Å²) in [5.41, 5.74) is 2.75. The molecule has 1 N–H and O–H groups in total. The molecule has 9 heteroatoms. The smallest absolute Gasteiger partial charge is 0.256 e. The van der Waals surface area contributed by atoms with E-state index in [1.54, 1.807) is 17.8 Å². The van der Waals surface area contributed by atoms with Crippen molar-refractivity contribution in [1.29, 1.82) is 0 Å². The van der Waals surface area contributed by atoms with Crippen molar-refractivity contribution in [1.82, 2.24) is 20.1 Å². The number of nitrogens with zero attached hydrogens (tertiary/aromatic N) is 4. The van der Waals surface area contributed by atoms with Crippen molar-refractivity contribution in [2.75, 3.05) is 31.2 Å². The van der Waals surface area contributed by atoms with Gasteiger partial charge in [0, 0.05) is 36.4 Å². The second kappa shape index (κ2) is 9.68. The van der Waals surface area contributed by atoms with Crippen molar-refractivity contribution in [3.63, 3.8) is 0 Å². The molecule has 0 spiro atoms. The average Bonchev–Trinajstić information content (AvgIpc) is 3.07. The van der Waals surface area contributed by atoms with E-state index in [9.17, 15) is 4.79 Å². The molecule has 0 atom stereocenters. The largest absolute Gasteiger partial charge is 0.378 e. The van der Waals surface area contributed by atoms with Crippen LogP contribution in [0.25, 0.3) is 0 Å². The SMILES string of the molecule is Cc1nn(Cc2ccccc2Cl)c(Cl)c1C(=O)NCc1cccnc1N1CCOCC1. The van der Waals surface area contributed by atoms with E-state index in [1.807, 2.05) is 36.4 Å². The molecule has 31 heavy (non-hydrogen) atoms. The van der Waals surface area contributed by atoms with Crippen LogP contribution in [-0.4, -0.2) is 47.0 Å². The third-order valence-electron chi connectivity index (χ3n) is 5.19. The normalized spacial score (nSPS) is 14.0. The second-order valence-electron chi connectivity index (χ2n) is 7.27. The third-order valence-corrected chi connectivity index (χ3v) is 5.94. The van der Waals surface area contributed by atoms with Gasteiger partial charge in [-0.15, -0.1) is 0 Å². The summed E-state index contributed by atoms with van der Waals surface area (Å²) in [6.45, 7) is 5.38. The number of benzene rings is 1. The third kappa shape index (κ3) is 4.84. The number of halogens is 2. The zero-order valence-corrected chi connectivity index (χ0v) is 18.7. The van der Waals surface area contributed by atoms with Crippen molar-refractivity contribution in [2.45, 2.75) is 20.0 Å². The van der Waals surface area contributed by atoms with Gasteiger partial charge in [-0.25, -0.2) is 9.67 Å². The summed E-state index contributed by atoms with van der Waals surface area (Å²) < 4.78 is 7.02. The number of carbonyl (C=O) groups excluding carboxylic acids is 1. The molecular weight excluding hydrogens is 437 g/mol. The Kier molecular flexibility index (Phi) is 6.75. The van der Waals surface area contributed by atoms with Crippen molar-refractivity contribution in [3.05, 3.63) is 75.2 Å². The molecule has 0 unspecified atom stereocenters. The summed E-state index contributed by atoms with van der Waals surface area (Å²) in [6.07, 6.45) is 1.76. The van der Waals surface area contributed by atoms with Crippen LogP contribution in [0.1, 0.15) is 27.2 Å². The second-order valence-corrected chi connectivity index (χ2v) is 8.03. The Bertz CT molecular complexity index is 1080. The predicted molar refractivity (Wildman–Crippen MR) is 121 cm³/mol. The van der Waals surface area contributed by atoms with Gasteiger partial charge in [-0.3, -0.25) is 4.79 Å². The molecule has 1 aliphatic heterocycles. The Labute approximate surface area is 190 Å². The number of morpholine rings is 1. The molecule has 2 aromatic heterocycles. The molecular formula is C22H23Cl2N5O2. The quantitative estimate of drug-likeness (QED) is 0.608. The number of aromatic nitrogens is 3. The van der Waals surface area contributed by atoms with E-state index in [0.717, 1.165) is 30.0 Å². The number of anilines is 1. The van der Waals surface area contributed by atoms with Crippen LogP contribution >= 0.6 is 23.2 Å². The Morgan fingerprint density at radius 1 is 1.13 bits per heavy atom. The Hall–Kier alpha value is -2.61. The van der Waals surface area contributed by atoms with Crippen molar-refractivity contribution >= 4 is 34.9 Å². The number of ether oxygens (including phenoxy) is 1. The first kappa shape index (κ1) is 21.6. The number of amides is 1. The molecule has 0 bridgehead atoms. The summed E-state index contributed by atoms with van der Waals surface area (Å²) in [5, 5.41) is 8.32. The summed E-state index contributed by atoms with van der Waals surface area (Å²) >= 11 is 12.8. The van der Waals surface area contributed by atoms with Gasteiger partial charge in [0.2, 0.25) is 0 Å². The number of nitrogens with one attached hydrogen (secondary N) is 1. The van der Waals surface area contributed by atoms with Gasteiger partial charge < -0.3 is 15.0 Å². The Morgan fingerprint density at radius 2 is 1.87 bits per heavy atom. The van der Waals surface area contributed by atoms with E-state index >= 15 is 0 Å². The van der Waals surface area contributed by atoms with Crippen LogP contribution < -0.4 is 10.2 Å². The number of hydrogen-bond acceptors (Lipinski definition) is 5. The maximum Gasteiger partial charge on any atom is 0.256 e. The van der Waals surface area contributed by atoms with E-state index in [0.29, 0.717) is 42.6 Å². The molecule has 3 aromatic rings. The van der Waals surface area contributed by atoms with Gasteiger partial charge in [0.25, 0.3) is 5.91 Å². The van der Waals surface area contributed by atoms with E-state index in [4.69, 9.17) is 27.9 Å². The highest BCUT2D eigenvalue weighted by atomic mass is 35.5. The summed E-state index contributed by atoms with van der Waals surface area (Å²) in [4.78, 5) is 19.6. The first-order valence-corrected chi connectivity index (χ1v) is 10.8. The van der Waals surface area contributed by atoms with Crippen LogP contribution in [0.15, 0.2) is 42.6 Å².